The number of hydrogen-bond donors (Lipinski definition) is 5. The summed E-state index contributed by atoms with van der Waals surface area (Å²) < 4.78 is 27.5. The largest absolute Gasteiger partial charge is 0.465 e. The third-order valence-corrected chi connectivity index (χ3v) is 13.0. The van der Waals surface area contributed by atoms with Gasteiger partial charge in [0.15, 0.2) is 0 Å². The van der Waals surface area contributed by atoms with E-state index in [2.05, 4.69) is 63.1 Å². The number of fused-ring (bicyclic) bond motifs is 1. The Labute approximate surface area is 375 Å². The summed E-state index contributed by atoms with van der Waals surface area (Å²) in [6.45, 7) is 3.96. The summed E-state index contributed by atoms with van der Waals surface area (Å²) in [6.07, 6.45) is 4.29. The quantitative estimate of drug-likeness (QED) is 0.114. The summed E-state index contributed by atoms with van der Waals surface area (Å²) in [6, 6.07) is 18.1. The Balaban J connectivity index is 0.875. The third-order valence-electron chi connectivity index (χ3n) is 13.0. The second kappa shape index (κ2) is 19.8. The monoisotopic (exact) mass is 890 g/mol. The van der Waals surface area contributed by atoms with Crippen molar-refractivity contribution in [3.63, 3.8) is 0 Å². The topological polar surface area (TPSA) is 223 Å². The maximum absolute atomic E-state index is 14.1. The first-order valence-electron chi connectivity index (χ1n) is 22.3. The van der Waals surface area contributed by atoms with Gasteiger partial charge in [0.1, 0.15) is 35.8 Å². The van der Waals surface area contributed by atoms with Crippen molar-refractivity contribution in [3.8, 4) is 33.6 Å². The van der Waals surface area contributed by atoms with Gasteiger partial charge in [-0.15, -0.1) is 0 Å². The molecule has 342 valence electrons. The predicted octanol–water partition coefficient (Wildman–Crippen LogP) is 5.30. The molecule has 18 nitrogen and oxygen atoms in total. The summed E-state index contributed by atoms with van der Waals surface area (Å²) in [7, 11) is 1.29. The smallest absolute Gasteiger partial charge is 0.407 e. The molecule has 0 aliphatic carbocycles. The molecule has 4 amide bonds. The van der Waals surface area contributed by atoms with Crippen molar-refractivity contribution in [1.29, 1.82) is 0 Å². The molecular weight excluding hydrogens is 837 g/mol. The Morgan fingerprint density at radius 2 is 1.09 bits per heavy atom. The van der Waals surface area contributed by atoms with E-state index in [9.17, 15) is 24.3 Å². The maximum atomic E-state index is 14.1. The zero-order valence-corrected chi connectivity index (χ0v) is 36.2. The SMILES string of the molecule is COC(=O)N[C@H](C(=O)N1CCOC[C@H]1c1nc(-c2ccc3cc(-c4ccc(-c5c[nH]c([C@@H]6COCCN6C(=O)[C@@H](NC(=O)O)C6CCOCC6)n5)cc4)ccc3c2)c[nH]1)C1CCOCC1. The molecule has 0 bridgehead atoms. The highest BCUT2D eigenvalue weighted by Gasteiger charge is 2.41. The van der Waals surface area contributed by atoms with Crippen LogP contribution < -0.4 is 10.6 Å². The fraction of sp³-hybridized carbons (Fsp3) is 0.447. The van der Waals surface area contributed by atoms with Gasteiger partial charge in [0.25, 0.3) is 0 Å². The minimum atomic E-state index is -1.23. The van der Waals surface area contributed by atoms with Crippen molar-refractivity contribution in [1.82, 2.24) is 40.4 Å². The van der Waals surface area contributed by atoms with E-state index in [1.807, 2.05) is 30.6 Å². The second-order valence-electron chi connectivity index (χ2n) is 16.9. The summed E-state index contributed by atoms with van der Waals surface area (Å²) in [5.41, 5.74) is 5.34. The van der Waals surface area contributed by atoms with E-state index in [0.29, 0.717) is 95.8 Å². The van der Waals surface area contributed by atoms with Gasteiger partial charge in [0.2, 0.25) is 11.8 Å². The predicted molar refractivity (Wildman–Crippen MR) is 236 cm³/mol. The number of rotatable bonds is 11. The minimum absolute atomic E-state index is 0.0796. The number of aromatic nitrogens is 4. The number of hydrogen-bond acceptors (Lipinski definition) is 11. The fourth-order valence-electron chi connectivity index (χ4n) is 9.45. The van der Waals surface area contributed by atoms with Crippen molar-refractivity contribution >= 4 is 34.8 Å². The van der Waals surface area contributed by atoms with Crippen LogP contribution in [-0.4, -0.2) is 144 Å². The number of morpholine rings is 2. The van der Waals surface area contributed by atoms with Gasteiger partial charge in [-0.3, -0.25) is 9.59 Å². The molecule has 5 aromatic rings. The van der Waals surface area contributed by atoms with Gasteiger partial charge in [-0.25, -0.2) is 19.6 Å². The molecule has 0 radical (unpaired) electrons. The molecule has 3 aromatic carbocycles. The summed E-state index contributed by atoms with van der Waals surface area (Å²) in [4.78, 5) is 71.9. The van der Waals surface area contributed by atoms with Crippen LogP contribution in [0, 0.1) is 11.8 Å². The van der Waals surface area contributed by atoms with Crippen molar-refractivity contribution in [2.45, 2.75) is 49.9 Å². The zero-order chi connectivity index (χ0) is 44.9. The molecule has 0 unspecified atom stereocenters. The fourth-order valence-corrected chi connectivity index (χ4v) is 9.45. The first-order valence-corrected chi connectivity index (χ1v) is 22.3. The lowest BCUT2D eigenvalue weighted by atomic mass is 9.90. The molecule has 4 aliphatic heterocycles. The zero-order valence-electron chi connectivity index (χ0n) is 36.2. The second-order valence-corrected chi connectivity index (χ2v) is 16.9. The summed E-state index contributed by atoms with van der Waals surface area (Å²) in [5, 5.41) is 17.0. The standard InChI is InChI=1S/C47H54N8O10/c1-61-47(60)53-41(31-12-18-63-19-13-31)45(57)55-15-21-65-27-39(55)43-49-25-37(51-43)35-9-8-33-22-32(6-7-34(33)23-35)28-2-4-29(5-3-28)36-24-48-42(50-36)38-26-64-20-14-54(38)44(56)40(52-46(58)59)30-10-16-62-17-11-30/h2-9,22-25,30-31,38-41,52H,10-21,26-27H2,1H3,(H,48,50)(H,49,51)(H,53,60)(H,58,59)/t38-,39-,40-,41-/m0/s1. The average Bonchev–Trinajstić information content (AvgIpc) is 4.06. The van der Waals surface area contributed by atoms with Crippen LogP contribution in [0.25, 0.3) is 44.4 Å². The molecular formula is C47H54N8O10. The number of alkyl carbamates (subject to hydrolysis) is 1. The number of methoxy groups -OCH3 is 1. The Hall–Kier alpha value is -6.34. The molecule has 4 fully saturated rings. The Bertz CT molecular complexity index is 2480. The highest BCUT2D eigenvalue weighted by atomic mass is 16.5. The molecule has 4 atom stereocenters. The van der Waals surface area contributed by atoms with Crippen LogP contribution in [0.5, 0.6) is 0 Å². The highest BCUT2D eigenvalue weighted by molar-refractivity contribution is 5.91. The molecule has 4 aliphatic rings. The number of carbonyl (C=O) groups is 4. The van der Waals surface area contributed by atoms with E-state index in [-0.39, 0.29) is 36.9 Å². The van der Waals surface area contributed by atoms with E-state index < -0.39 is 36.4 Å². The van der Waals surface area contributed by atoms with Crippen LogP contribution in [0.2, 0.25) is 0 Å². The number of imidazole rings is 2. The molecule has 9 rings (SSSR count). The molecule has 2 aromatic heterocycles. The van der Waals surface area contributed by atoms with E-state index in [0.717, 1.165) is 38.7 Å². The number of nitrogens with zero attached hydrogens (tertiary/aromatic N) is 4. The average molecular weight is 891 g/mol. The Morgan fingerprint density at radius 3 is 1.62 bits per heavy atom. The third kappa shape index (κ3) is 9.71. The lowest BCUT2D eigenvalue weighted by Crippen LogP contribution is -2.56. The van der Waals surface area contributed by atoms with Crippen LogP contribution in [0.1, 0.15) is 49.4 Å². The van der Waals surface area contributed by atoms with Gasteiger partial charge in [-0.2, -0.15) is 0 Å². The van der Waals surface area contributed by atoms with Crippen LogP contribution >= 0.6 is 0 Å². The molecule has 6 heterocycles. The number of carbonyl (C=O) groups excluding carboxylic acids is 3. The number of aromatic amines is 2. The van der Waals surface area contributed by atoms with Crippen LogP contribution in [0.4, 0.5) is 9.59 Å². The molecule has 0 saturated carbocycles. The van der Waals surface area contributed by atoms with Crippen molar-refractivity contribution in [2.24, 2.45) is 11.8 Å². The summed E-state index contributed by atoms with van der Waals surface area (Å²) >= 11 is 0. The van der Waals surface area contributed by atoms with Crippen molar-refractivity contribution < 1.29 is 48.0 Å². The molecule has 0 spiro atoms. The number of ether oxygens (including phenoxy) is 5. The van der Waals surface area contributed by atoms with E-state index in [4.69, 9.17) is 33.7 Å². The Morgan fingerprint density at radius 1 is 0.631 bits per heavy atom. The van der Waals surface area contributed by atoms with Gasteiger partial charge in [0.05, 0.1) is 44.9 Å². The Kier molecular flexibility index (Phi) is 13.4. The van der Waals surface area contributed by atoms with Crippen LogP contribution in [0.3, 0.4) is 0 Å². The minimum Gasteiger partial charge on any atom is -0.465 e. The van der Waals surface area contributed by atoms with Crippen molar-refractivity contribution in [3.05, 3.63) is 84.7 Å². The lowest BCUT2D eigenvalue weighted by molar-refractivity contribution is -0.145. The number of H-pyrrole nitrogens is 2. The molecule has 65 heavy (non-hydrogen) atoms. The van der Waals surface area contributed by atoms with Gasteiger partial charge in [0, 0.05) is 63.0 Å². The number of amides is 4. The number of benzene rings is 3. The van der Waals surface area contributed by atoms with Crippen molar-refractivity contribution in [2.75, 3.05) is 73.1 Å². The number of nitrogens with one attached hydrogen (secondary N) is 4. The number of carboxylic acid groups (broad SMARTS) is 1. The highest BCUT2D eigenvalue weighted by Crippen LogP contribution is 2.33. The van der Waals surface area contributed by atoms with Gasteiger partial charge < -0.3 is 59.2 Å². The lowest BCUT2D eigenvalue weighted by Gasteiger charge is -2.39. The molecule has 4 saturated heterocycles. The molecule has 5 N–H and O–H groups in total. The first kappa shape index (κ1) is 43.9. The van der Waals surface area contributed by atoms with E-state index in [1.165, 1.54) is 7.11 Å². The van der Waals surface area contributed by atoms with Gasteiger partial charge in [-0.05, 0) is 71.6 Å². The van der Waals surface area contributed by atoms with Crippen LogP contribution in [0.15, 0.2) is 73.1 Å². The van der Waals surface area contributed by atoms with Gasteiger partial charge >= 0.3 is 12.2 Å². The van der Waals surface area contributed by atoms with E-state index >= 15 is 0 Å². The first-order chi connectivity index (χ1) is 31.7. The van der Waals surface area contributed by atoms with Gasteiger partial charge in [-0.1, -0.05) is 48.5 Å². The summed E-state index contributed by atoms with van der Waals surface area (Å²) in [5.74, 6) is 0.463. The van der Waals surface area contributed by atoms with Crippen LogP contribution in [-0.2, 0) is 33.3 Å². The normalized spacial score (nSPS) is 20.8. The molecule has 18 heteroatoms. The maximum Gasteiger partial charge on any atom is 0.407 e. The van der Waals surface area contributed by atoms with E-state index in [1.54, 1.807) is 9.80 Å².